The molecule has 5 nitrogen and oxygen atoms in total. The number of aromatic nitrogens is 2. The molecule has 0 spiro atoms. The number of imidazole rings is 1. The van der Waals surface area contributed by atoms with Crippen LogP contribution in [0.5, 0.6) is 5.75 Å². The van der Waals surface area contributed by atoms with Gasteiger partial charge in [-0.3, -0.25) is 0 Å². The predicted molar refractivity (Wildman–Crippen MR) is 153 cm³/mol. The van der Waals surface area contributed by atoms with E-state index in [1.165, 1.54) is 27.4 Å². The molecule has 1 aromatic heterocycles. The monoisotopic (exact) mass is 506 g/mol. The second-order valence-corrected chi connectivity index (χ2v) is 10.1. The molecule has 5 heteroatoms. The van der Waals surface area contributed by atoms with E-state index in [2.05, 4.69) is 83.4 Å². The fourth-order valence-electron chi connectivity index (χ4n) is 4.81. The highest BCUT2D eigenvalue weighted by molar-refractivity contribution is 5.95. The molecule has 0 aliphatic rings. The standard InChI is InChI=1S/C33H34N2O3/c1-4-37-32(36)33(2,3)38-28-19-17-24(18-20-28)13-10-16-31-34-29-21-26-14-8-9-15-27(26)22-30(29)35(31)23-25-11-6-5-7-12-25/h5-9,11-12,14-15,17-22H,4,10,13,16,23H2,1-3H3. The summed E-state index contributed by atoms with van der Waals surface area (Å²) in [4.78, 5) is 17.2. The third kappa shape index (κ3) is 5.72. The van der Waals surface area contributed by atoms with Crippen molar-refractivity contribution in [2.24, 2.45) is 0 Å². The molecule has 194 valence electrons. The minimum atomic E-state index is -1.03. The predicted octanol–water partition coefficient (Wildman–Crippen LogP) is 7.13. The Balaban J connectivity index is 1.31. The van der Waals surface area contributed by atoms with Gasteiger partial charge in [-0.25, -0.2) is 9.78 Å². The zero-order chi connectivity index (χ0) is 26.5. The molecular weight excluding hydrogens is 472 g/mol. The first-order valence-electron chi connectivity index (χ1n) is 13.3. The van der Waals surface area contributed by atoms with E-state index in [4.69, 9.17) is 14.5 Å². The lowest BCUT2D eigenvalue weighted by Gasteiger charge is -2.24. The average molecular weight is 507 g/mol. The van der Waals surface area contributed by atoms with Gasteiger partial charge in [0.15, 0.2) is 5.60 Å². The molecule has 0 fully saturated rings. The summed E-state index contributed by atoms with van der Waals surface area (Å²) in [5.74, 6) is 1.40. The molecule has 4 aromatic carbocycles. The second kappa shape index (κ2) is 11.1. The molecule has 0 unspecified atom stereocenters. The van der Waals surface area contributed by atoms with Crippen LogP contribution in [0.3, 0.4) is 0 Å². The number of ether oxygens (including phenoxy) is 2. The van der Waals surface area contributed by atoms with Gasteiger partial charge in [0.1, 0.15) is 11.6 Å². The van der Waals surface area contributed by atoms with Crippen molar-refractivity contribution in [3.05, 3.63) is 108 Å². The molecule has 0 saturated heterocycles. The lowest BCUT2D eigenvalue weighted by molar-refractivity contribution is -0.158. The first-order valence-corrected chi connectivity index (χ1v) is 13.3. The van der Waals surface area contributed by atoms with Crippen molar-refractivity contribution < 1.29 is 14.3 Å². The molecule has 1 heterocycles. The van der Waals surface area contributed by atoms with E-state index in [1.807, 2.05) is 12.1 Å². The lowest BCUT2D eigenvalue weighted by atomic mass is 10.1. The SMILES string of the molecule is CCOC(=O)C(C)(C)Oc1ccc(CCCc2nc3cc4ccccc4cc3n2Cc2ccccc2)cc1. The van der Waals surface area contributed by atoms with Gasteiger partial charge >= 0.3 is 5.97 Å². The van der Waals surface area contributed by atoms with E-state index >= 15 is 0 Å². The number of rotatable bonds is 10. The van der Waals surface area contributed by atoms with Crippen molar-refractivity contribution in [1.82, 2.24) is 9.55 Å². The number of aryl methyl sites for hydroxylation is 2. The van der Waals surface area contributed by atoms with E-state index in [9.17, 15) is 4.79 Å². The van der Waals surface area contributed by atoms with Crippen LogP contribution in [-0.2, 0) is 28.9 Å². The molecule has 0 N–H and O–H groups in total. The zero-order valence-electron chi connectivity index (χ0n) is 22.3. The highest BCUT2D eigenvalue weighted by atomic mass is 16.6. The minimum absolute atomic E-state index is 0.333. The van der Waals surface area contributed by atoms with Crippen LogP contribution in [0.2, 0.25) is 0 Å². The van der Waals surface area contributed by atoms with Crippen LogP contribution in [0.25, 0.3) is 21.8 Å². The number of hydrogen-bond donors (Lipinski definition) is 0. The summed E-state index contributed by atoms with van der Waals surface area (Å²) in [7, 11) is 0. The number of esters is 1. The number of fused-ring (bicyclic) bond motifs is 2. The molecule has 38 heavy (non-hydrogen) atoms. The fraction of sp³-hybridized carbons (Fsp3) is 0.273. The highest BCUT2D eigenvalue weighted by Gasteiger charge is 2.31. The molecule has 0 amide bonds. The molecular formula is C33H34N2O3. The summed E-state index contributed by atoms with van der Waals surface area (Å²) < 4.78 is 13.4. The minimum Gasteiger partial charge on any atom is -0.476 e. The van der Waals surface area contributed by atoms with Gasteiger partial charge in [0.2, 0.25) is 0 Å². The third-order valence-corrected chi connectivity index (χ3v) is 6.81. The molecule has 0 radical (unpaired) electrons. The largest absolute Gasteiger partial charge is 0.476 e. The van der Waals surface area contributed by atoms with Gasteiger partial charge in [0.05, 0.1) is 17.6 Å². The quantitative estimate of drug-likeness (QED) is 0.189. The summed E-state index contributed by atoms with van der Waals surface area (Å²) in [6.45, 7) is 6.38. The smallest absolute Gasteiger partial charge is 0.349 e. The van der Waals surface area contributed by atoms with Gasteiger partial charge in [-0.1, -0.05) is 66.7 Å². The van der Waals surface area contributed by atoms with Crippen molar-refractivity contribution in [2.75, 3.05) is 6.61 Å². The molecule has 0 atom stereocenters. The molecule has 0 aliphatic carbocycles. The van der Waals surface area contributed by atoms with E-state index in [1.54, 1.807) is 20.8 Å². The molecule has 0 bridgehead atoms. The van der Waals surface area contributed by atoms with E-state index in [0.29, 0.717) is 12.4 Å². The Hall–Kier alpha value is -4.12. The Morgan fingerprint density at radius 2 is 1.53 bits per heavy atom. The van der Waals surface area contributed by atoms with Crippen LogP contribution in [0, 0.1) is 0 Å². The molecule has 0 saturated carbocycles. The number of carbonyl (C=O) groups excluding carboxylic acids is 1. The molecule has 5 aromatic rings. The van der Waals surface area contributed by atoms with Crippen LogP contribution in [0.4, 0.5) is 0 Å². The van der Waals surface area contributed by atoms with E-state index in [0.717, 1.165) is 37.1 Å². The third-order valence-electron chi connectivity index (χ3n) is 6.81. The second-order valence-electron chi connectivity index (χ2n) is 10.1. The van der Waals surface area contributed by atoms with Crippen molar-refractivity contribution in [3.8, 4) is 5.75 Å². The number of benzene rings is 4. The first-order chi connectivity index (χ1) is 18.4. The van der Waals surface area contributed by atoms with Crippen molar-refractivity contribution >= 4 is 27.8 Å². The summed E-state index contributed by atoms with van der Waals surface area (Å²) >= 11 is 0. The van der Waals surface area contributed by atoms with Gasteiger partial charge < -0.3 is 14.0 Å². The average Bonchev–Trinajstić information content (AvgIpc) is 3.24. The summed E-state index contributed by atoms with van der Waals surface area (Å²) in [5, 5.41) is 2.44. The van der Waals surface area contributed by atoms with Crippen LogP contribution in [-0.4, -0.2) is 27.7 Å². The van der Waals surface area contributed by atoms with Crippen LogP contribution >= 0.6 is 0 Å². The van der Waals surface area contributed by atoms with Crippen molar-refractivity contribution in [2.45, 2.75) is 52.2 Å². The van der Waals surface area contributed by atoms with E-state index in [-0.39, 0.29) is 5.97 Å². The zero-order valence-corrected chi connectivity index (χ0v) is 22.3. The maximum Gasteiger partial charge on any atom is 0.349 e. The summed E-state index contributed by atoms with van der Waals surface area (Å²) in [5.41, 5.74) is 3.68. The van der Waals surface area contributed by atoms with Gasteiger partial charge in [-0.15, -0.1) is 0 Å². The Morgan fingerprint density at radius 3 is 2.24 bits per heavy atom. The fourth-order valence-corrected chi connectivity index (χ4v) is 4.81. The topological polar surface area (TPSA) is 53.4 Å². The maximum atomic E-state index is 12.1. The number of hydrogen-bond acceptors (Lipinski definition) is 4. The summed E-state index contributed by atoms with van der Waals surface area (Å²) in [6.07, 6.45) is 2.79. The Morgan fingerprint density at radius 1 is 0.842 bits per heavy atom. The molecule has 0 aliphatic heterocycles. The van der Waals surface area contributed by atoms with Crippen molar-refractivity contribution in [3.63, 3.8) is 0 Å². The van der Waals surface area contributed by atoms with Crippen LogP contribution < -0.4 is 4.74 Å². The Kier molecular flexibility index (Phi) is 7.45. The summed E-state index contributed by atoms with van der Waals surface area (Å²) in [6, 6.07) is 31.5. The molecule has 5 rings (SSSR count). The Bertz CT molecular complexity index is 1540. The van der Waals surface area contributed by atoms with Crippen molar-refractivity contribution in [1.29, 1.82) is 0 Å². The van der Waals surface area contributed by atoms with E-state index < -0.39 is 5.60 Å². The van der Waals surface area contributed by atoms with Crippen LogP contribution in [0.15, 0.2) is 91.0 Å². The normalized spacial score (nSPS) is 11.7. The maximum absolute atomic E-state index is 12.1. The van der Waals surface area contributed by atoms with Gasteiger partial charge in [0.25, 0.3) is 0 Å². The lowest BCUT2D eigenvalue weighted by Crippen LogP contribution is -2.39. The Labute approximate surface area is 224 Å². The van der Waals surface area contributed by atoms with Gasteiger partial charge in [-0.05, 0) is 79.8 Å². The number of nitrogens with zero attached hydrogens (tertiary/aromatic N) is 2. The number of carbonyl (C=O) groups is 1. The van der Waals surface area contributed by atoms with Crippen LogP contribution in [0.1, 0.15) is 44.1 Å². The highest BCUT2D eigenvalue weighted by Crippen LogP contribution is 2.26. The van der Waals surface area contributed by atoms with Gasteiger partial charge in [-0.2, -0.15) is 0 Å². The van der Waals surface area contributed by atoms with Gasteiger partial charge in [0, 0.05) is 13.0 Å². The first kappa shape index (κ1) is 25.5.